The molecule has 1 aliphatic rings. The highest BCUT2D eigenvalue weighted by Gasteiger charge is 2.44. The van der Waals surface area contributed by atoms with Crippen LogP contribution < -0.4 is 0 Å². The van der Waals surface area contributed by atoms with Gasteiger partial charge in [-0.25, -0.2) is 4.98 Å². The van der Waals surface area contributed by atoms with Crippen molar-refractivity contribution in [1.82, 2.24) is 9.97 Å². The topological polar surface area (TPSA) is 66.0 Å². The number of aliphatic hydroxyl groups is 1. The Morgan fingerprint density at radius 1 is 1.30 bits per heavy atom. The Morgan fingerprint density at radius 3 is 2.75 bits per heavy atom. The second-order valence-electron chi connectivity index (χ2n) is 6.04. The Kier molecular flexibility index (Phi) is 2.80. The lowest BCUT2D eigenvalue weighted by atomic mass is 9.66. The maximum Gasteiger partial charge on any atom is 0.233 e. The molecule has 1 aromatic heterocycles. The van der Waals surface area contributed by atoms with E-state index in [0.717, 1.165) is 17.5 Å². The first-order valence-electron chi connectivity index (χ1n) is 6.73. The number of aromatic nitrogens is 2. The van der Waals surface area contributed by atoms with Gasteiger partial charge in [0.15, 0.2) is 0 Å². The number of rotatable bonds is 2. The molecule has 1 radical (unpaired) electrons. The van der Waals surface area contributed by atoms with E-state index in [1.54, 1.807) is 24.5 Å². The second-order valence-corrected chi connectivity index (χ2v) is 6.04. The van der Waals surface area contributed by atoms with Gasteiger partial charge in [-0.2, -0.15) is 0 Å². The van der Waals surface area contributed by atoms with E-state index in [9.17, 15) is 9.90 Å². The number of hydrogen-bond donors (Lipinski definition) is 2. The van der Waals surface area contributed by atoms with Crippen LogP contribution in [0.3, 0.4) is 0 Å². The van der Waals surface area contributed by atoms with Crippen molar-refractivity contribution in [1.29, 1.82) is 0 Å². The third-order valence-corrected chi connectivity index (χ3v) is 4.31. The van der Waals surface area contributed by atoms with Gasteiger partial charge >= 0.3 is 0 Å². The van der Waals surface area contributed by atoms with Crippen LogP contribution in [0.25, 0.3) is 0 Å². The Balaban J connectivity index is 2.25. The predicted octanol–water partition coefficient (Wildman–Crippen LogP) is 2.17. The van der Waals surface area contributed by atoms with E-state index in [1.807, 2.05) is 12.4 Å². The molecule has 4 heteroatoms. The molecule has 0 fully saturated rings. The van der Waals surface area contributed by atoms with E-state index in [-0.39, 0.29) is 5.41 Å². The highest BCUT2D eigenvalue weighted by molar-refractivity contribution is 5.76. The number of hydrogen-bond acceptors (Lipinski definition) is 3. The summed E-state index contributed by atoms with van der Waals surface area (Å²) >= 11 is 0. The fourth-order valence-corrected chi connectivity index (χ4v) is 3.04. The van der Waals surface area contributed by atoms with Gasteiger partial charge in [-0.1, -0.05) is 26.0 Å². The molecule has 2 aromatic rings. The summed E-state index contributed by atoms with van der Waals surface area (Å²) in [6, 6.07) is 5.40. The molecule has 0 aliphatic heterocycles. The number of nitrogens with zero attached hydrogens (tertiary/aromatic N) is 1. The summed E-state index contributed by atoms with van der Waals surface area (Å²) in [5, 5.41) is 11.1. The molecule has 103 valence electrons. The van der Waals surface area contributed by atoms with Crippen LogP contribution in [0.4, 0.5) is 0 Å². The van der Waals surface area contributed by atoms with Gasteiger partial charge in [-0.05, 0) is 35.4 Å². The summed E-state index contributed by atoms with van der Waals surface area (Å²) in [4.78, 5) is 18.1. The van der Waals surface area contributed by atoms with E-state index in [2.05, 4.69) is 23.8 Å². The fraction of sp³-hybridized carbons (Fsp3) is 0.375. The Bertz CT molecular complexity index is 647. The predicted molar refractivity (Wildman–Crippen MR) is 75.1 cm³/mol. The third kappa shape index (κ3) is 1.79. The van der Waals surface area contributed by atoms with Crippen molar-refractivity contribution in [2.75, 3.05) is 0 Å². The SMILES string of the molecule is CC1(C)CCC(O)(c2ncc[nH]2)c2cc([C]=O)ccc21. The Morgan fingerprint density at radius 2 is 2.10 bits per heavy atom. The zero-order chi connectivity index (χ0) is 14.4. The van der Waals surface area contributed by atoms with Crippen molar-refractivity contribution in [2.45, 2.75) is 37.7 Å². The molecule has 0 bridgehead atoms. The minimum atomic E-state index is -1.17. The number of nitrogens with one attached hydrogen (secondary N) is 1. The summed E-state index contributed by atoms with van der Waals surface area (Å²) in [6.45, 7) is 4.30. The zero-order valence-electron chi connectivity index (χ0n) is 11.6. The molecule has 4 nitrogen and oxygen atoms in total. The van der Waals surface area contributed by atoms with Crippen molar-refractivity contribution in [3.8, 4) is 0 Å². The fourth-order valence-electron chi connectivity index (χ4n) is 3.04. The van der Waals surface area contributed by atoms with Gasteiger partial charge in [-0.15, -0.1) is 0 Å². The van der Waals surface area contributed by atoms with Crippen LogP contribution in [0.15, 0.2) is 30.6 Å². The molecule has 0 saturated carbocycles. The summed E-state index contributed by atoms with van der Waals surface area (Å²) in [5.41, 5.74) is 1.06. The van der Waals surface area contributed by atoms with Crippen LogP contribution in [0.5, 0.6) is 0 Å². The number of carbonyl (C=O) groups excluding carboxylic acids is 1. The number of H-pyrrole nitrogens is 1. The maximum absolute atomic E-state index is 11.1. The highest BCUT2D eigenvalue weighted by Crippen LogP contribution is 2.47. The molecule has 2 N–H and O–H groups in total. The molecule has 0 spiro atoms. The van der Waals surface area contributed by atoms with E-state index in [0.29, 0.717) is 17.8 Å². The summed E-state index contributed by atoms with van der Waals surface area (Å²) in [6.07, 6.45) is 6.64. The molecule has 3 rings (SSSR count). The Hall–Kier alpha value is -1.94. The number of benzene rings is 1. The largest absolute Gasteiger partial charge is 0.377 e. The number of fused-ring (bicyclic) bond motifs is 1. The molecule has 1 heterocycles. The van der Waals surface area contributed by atoms with Crippen molar-refractivity contribution in [3.05, 3.63) is 53.1 Å². The first-order chi connectivity index (χ1) is 9.47. The molecular weight excluding hydrogens is 252 g/mol. The minimum Gasteiger partial charge on any atom is -0.377 e. The van der Waals surface area contributed by atoms with Crippen molar-refractivity contribution in [2.24, 2.45) is 0 Å². The number of imidazole rings is 1. The van der Waals surface area contributed by atoms with Crippen LogP contribution in [0.2, 0.25) is 0 Å². The molecule has 0 amide bonds. The quantitative estimate of drug-likeness (QED) is 0.878. The molecule has 0 saturated heterocycles. The minimum absolute atomic E-state index is 0.0322. The van der Waals surface area contributed by atoms with E-state index >= 15 is 0 Å². The average Bonchev–Trinajstić information content (AvgIpc) is 2.98. The normalized spacial score (nSPS) is 24.1. The van der Waals surface area contributed by atoms with Crippen molar-refractivity contribution < 1.29 is 9.90 Å². The Labute approximate surface area is 117 Å². The molecular formula is C16H17N2O2. The lowest BCUT2D eigenvalue weighted by molar-refractivity contribution is 0.0417. The van der Waals surface area contributed by atoms with Gasteiger partial charge < -0.3 is 10.1 Å². The van der Waals surface area contributed by atoms with Crippen LogP contribution in [0, 0.1) is 0 Å². The molecule has 1 unspecified atom stereocenters. The second kappa shape index (κ2) is 4.28. The van der Waals surface area contributed by atoms with E-state index in [1.165, 1.54) is 0 Å². The third-order valence-electron chi connectivity index (χ3n) is 4.31. The van der Waals surface area contributed by atoms with E-state index < -0.39 is 5.60 Å². The zero-order valence-corrected chi connectivity index (χ0v) is 11.6. The van der Waals surface area contributed by atoms with Crippen LogP contribution in [-0.4, -0.2) is 21.4 Å². The van der Waals surface area contributed by atoms with Gasteiger partial charge in [0.05, 0.1) is 0 Å². The summed E-state index contributed by atoms with van der Waals surface area (Å²) in [7, 11) is 0. The van der Waals surface area contributed by atoms with Gasteiger partial charge in [0.2, 0.25) is 6.29 Å². The smallest absolute Gasteiger partial charge is 0.233 e. The van der Waals surface area contributed by atoms with Crippen molar-refractivity contribution >= 4 is 6.29 Å². The van der Waals surface area contributed by atoms with Gasteiger partial charge in [0.1, 0.15) is 11.4 Å². The maximum atomic E-state index is 11.1. The molecule has 20 heavy (non-hydrogen) atoms. The first kappa shape index (κ1) is 13.1. The van der Waals surface area contributed by atoms with Gasteiger partial charge in [0, 0.05) is 18.0 Å². The van der Waals surface area contributed by atoms with E-state index in [4.69, 9.17) is 0 Å². The average molecular weight is 269 g/mol. The van der Waals surface area contributed by atoms with Crippen LogP contribution in [0.1, 0.15) is 49.2 Å². The van der Waals surface area contributed by atoms with Crippen molar-refractivity contribution in [3.63, 3.8) is 0 Å². The lowest BCUT2D eigenvalue weighted by Crippen LogP contribution is -2.39. The lowest BCUT2D eigenvalue weighted by Gasteiger charge is -2.41. The standard InChI is InChI=1S/C16H17N2O2/c1-15(2)5-6-16(20,14-17-7-8-18-14)13-9-11(10-19)3-4-12(13)15/h3-4,7-9,20H,5-6H2,1-2H3,(H,17,18). The monoisotopic (exact) mass is 269 g/mol. The highest BCUT2D eigenvalue weighted by atomic mass is 16.3. The van der Waals surface area contributed by atoms with Crippen LogP contribution >= 0.6 is 0 Å². The molecule has 1 aliphatic carbocycles. The number of aromatic amines is 1. The van der Waals surface area contributed by atoms with Crippen LogP contribution in [-0.2, 0) is 15.8 Å². The summed E-state index contributed by atoms with van der Waals surface area (Å²) in [5.74, 6) is 0.525. The molecule has 1 atom stereocenters. The first-order valence-corrected chi connectivity index (χ1v) is 6.73. The van der Waals surface area contributed by atoms with Gasteiger partial charge in [0.25, 0.3) is 0 Å². The summed E-state index contributed by atoms with van der Waals surface area (Å²) < 4.78 is 0. The van der Waals surface area contributed by atoms with Gasteiger partial charge in [-0.3, -0.25) is 4.79 Å². The molecule has 1 aromatic carbocycles.